The first kappa shape index (κ1) is 13.6. The Morgan fingerprint density at radius 2 is 1.85 bits per heavy atom. The zero-order valence-electron chi connectivity index (χ0n) is 11.6. The predicted octanol–water partition coefficient (Wildman–Crippen LogP) is 3.33. The maximum Gasteiger partial charge on any atom is 0.387 e. The molecule has 2 aliphatic heterocycles. The summed E-state index contributed by atoms with van der Waals surface area (Å²) in [5.41, 5.74) is 0.668. The zero-order chi connectivity index (χ0) is 14.1. The smallest absolute Gasteiger partial charge is 0.387 e. The Morgan fingerprint density at radius 3 is 2.50 bits per heavy atom. The van der Waals surface area contributed by atoms with E-state index in [4.69, 9.17) is 0 Å². The van der Waals surface area contributed by atoms with Crippen LogP contribution in [0.2, 0.25) is 0 Å². The number of nitrogens with zero attached hydrogens (tertiary/aromatic N) is 1. The van der Waals surface area contributed by atoms with E-state index in [-0.39, 0.29) is 5.75 Å². The molecule has 20 heavy (non-hydrogen) atoms. The van der Waals surface area contributed by atoms with Crippen molar-refractivity contribution in [2.45, 2.75) is 50.4 Å². The van der Waals surface area contributed by atoms with E-state index in [0.717, 1.165) is 12.8 Å². The van der Waals surface area contributed by atoms with Gasteiger partial charge in [0.25, 0.3) is 0 Å². The molecule has 2 saturated heterocycles. The molecule has 1 N–H and O–H groups in total. The fraction of sp³-hybridized carbons (Fsp3) is 0.600. The molecule has 0 saturated carbocycles. The number of anilines is 1. The van der Waals surface area contributed by atoms with Crippen molar-refractivity contribution in [2.24, 2.45) is 0 Å². The first-order chi connectivity index (χ1) is 9.63. The SMILES string of the molecule is CN1C2CCC1CC(Nc1ccccc1OC(F)F)C2. The van der Waals surface area contributed by atoms with Crippen LogP contribution in [0.15, 0.2) is 24.3 Å². The zero-order valence-corrected chi connectivity index (χ0v) is 11.6. The minimum absolute atomic E-state index is 0.230. The maximum atomic E-state index is 12.4. The van der Waals surface area contributed by atoms with Crippen LogP contribution in [0.25, 0.3) is 0 Å². The van der Waals surface area contributed by atoms with E-state index in [1.165, 1.54) is 12.8 Å². The van der Waals surface area contributed by atoms with Gasteiger partial charge in [0, 0.05) is 18.1 Å². The van der Waals surface area contributed by atoms with Crippen LogP contribution in [0.5, 0.6) is 5.75 Å². The fourth-order valence-electron chi connectivity index (χ4n) is 3.53. The van der Waals surface area contributed by atoms with Crippen molar-refractivity contribution >= 4 is 5.69 Å². The molecule has 3 nitrogen and oxygen atoms in total. The molecule has 2 heterocycles. The molecule has 0 radical (unpaired) electrons. The molecule has 2 fully saturated rings. The van der Waals surface area contributed by atoms with Gasteiger partial charge in [0.2, 0.25) is 0 Å². The van der Waals surface area contributed by atoms with E-state index >= 15 is 0 Å². The van der Waals surface area contributed by atoms with Crippen LogP contribution in [-0.2, 0) is 0 Å². The number of ether oxygens (including phenoxy) is 1. The van der Waals surface area contributed by atoms with Crippen molar-refractivity contribution in [1.82, 2.24) is 4.90 Å². The number of hydrogen-bond acceptors (Lipinski definition) is 3. The van der Waals surface area contributed by atoms with E-state index in [1.807, 2.05) is 6.07 Å². The quantitative estimate of drug-likeness (QED) is 0.916. The van der Waals surface area contributed by atoms with Crippen molar-refractivity contribution in [1.29, 1.82) is 0 Å². The number of benzene rings is 1. The molecule has 0 spiro atoms. The fourth-order valence-corrected chi connectivity index (χ4v) is 3.53. The van der Waals surface area contributed by atoms with Gasteiger partial charge in [-0.3, -0.25) is 0 Å². The van der Waals surface area contributed by atoms with Crippen molar-refractivity contribution < 1.29 is 13.5 Å². The molecule has 2 unspecified atom stereocenters. The van der Waals surface area contributed by atoms with Crippen molar-refractivity contribution in [3.8, 4) is 5.75 Å². The van der Waals surface area contributed by atoms with Crippen LogP contribution in [-0.4, -0.2) is 36.7 Å². The number of fused-ring (bicyclic) bond motifs is 2. The highest BCUT2D eigenvalue weighted by atomic mass is 19.3. The number of nitrogens with one attached hydrogen (secondary N) is 1. The lowest BCUT2D eigenvalue weighted by molar-refractivity contribution is -0.0494. The highest BCUT2D eigenvalue weighted by molar-refractivity contribution is 5.56. The second kappa shape index (κ2) is 5.56. The number of halogens is 2. The Bertz CT molecular complexity index is 455. The second-order valence-corrected chi connectivity index (χ2v) is 5.74. The van der Waals surface area contributed by atoms with Crippen LogP contribution in [0, 0.1) is 0 Å². The molecule has 2 atom stereocenters. The monoisotopic (exact) mass is 282 g/mol. The highest BCUT2D eigenvalue weighted by Crippen LogP contribution is 2.36. The number of para-hydroxylation sites is 2. The van der Waals surface area contributed by atoms with Crippen molar-refractivity contribution in [2.75, 3.05) is 12.4 Å². The van der Waals surface area contributed by atoms with Gasteiger partial charge in [-0.15, -0.1) is 0 Å². The van der Waals surface area contributed by atoms with E-state index in [0.29, 0.717) is 23.8 Å². The van der Waals surface area contributed by atoms with Gasteiger partial charge in [0.05, 0.1) is 5.69 Å². The lowest BCUT2D eigenvalue weighted by Gasteiger charge is -2.37. The summed E-state index contributed by atoms with van der Waals surface area (Å²) in [6.45, 7) is -2.79. The molecule has 5 heteroatoms. The van der Waals surface area contributed by atoms with Gasteiger partial charge in [-0.1, -0.05) is 12.1 Å². The minimum Gasteiger partial charge on any atom is -0.433 e. The summed E-state index contributed by atoms with van der Waals surface area (Å²) in [6, 6.07) is 8.51. The van der Waals surface area contributed by atoms with Crippen LogP contribution in [0.3, 0.4) is 0 Å². The average Bonchev–Trinajstić information content (AvgIpc) is 2.63. The first-order valence-corrected chi connectivity index (χ1v) is 7.16. The molecule has 110 valence electrons. The molecular weight excluding hydrogens is 262 g/mol. The summed E-state index contributed by atoms with van der Waals surface area (Å²) >= 11 is 0. The van der Waals surface area contributed by atoms with Gasteiger partial charge in [-0.2, -0.15) is 8.78 Å². The third-order valence-electron chi connectivity index (χ3n) is 4.56. The van der Waals surface area contributed by atoms with Gasteiger partial charge in [0.15, 0.2) is 0 Å². The molecule has 0 aromatic heterocycles. The molecule has 0 amide bonds. The summed E-state index contributed by atoms with van der Waals surface area (Å²) in [5.74, 6) is 0.230. The van der Waals surface area contributed by atoms with E-state index in [1.54, 1.807) is 18.2 Å². The average molecular weight is 282 g/mol. The molecule has 3 rings (SSSR count). The van der Waals surface area contributed by atoms with Gasteiger partial charge in [-0.25, -0.2) is 0 Å². The van der Waals surface area contributed by atoms with Gasteiger partial charge in [-0.05, 0) is 44.9 Å². The Hall–Kier alpha value is -1.36. The van der Waals surface area contributed by atoms with Crippen LogP contribution >= 0.6 is 0 Å². The first-order valence-electron chi connectivity index (χ1n) is 7.16. The van der Waals surface area contributed by atoms with Crippen LogP contribution in [0.4, 0.5) is 14.5 Å². The Morgan fingerprint density at radius 1 is 1.20 bits per heavy atom. The largest absolute Gasteiger partial charge is 0.433 e. The van der Waals surface area contributed by atoms with Crippen molar-refractivity contribution in [3.05, 3.63) is 24.3 Å². The molecule has 2 aliphatic rings. The van der Waals surface area contributed by atoms with E-state index in [2.05, 4.69) is 22.0 Å². The lowest BCUT2D eigenvalue weighted by Crippen LogP contribution is -2.44. The third kappa shape index (κ3) is 2.73. The topological polar surface area (TPSA) is 24.5 Å². The Balaban J connectivity index is 1.69. The van der Waals surface area contributed by atoms with Gasteiger partial charge < -0.3 is 15.0 Å². The predicted molar refractivity (Wildman–Crippen MR) is 74.3 cm³/mol. The van der Waals surface area contributed by atoms with E-state index < -0.39 is 6.61 Å². The molecule has 0 aliphatic carbocycles. The third-order valence-corrected chi connectivity index (χ3v) is 4.56. The van der Waals surface area contributed by atoms with Crippen LogP contribution < -0.4 is 10.1 Å². The number of hydrogen-bond donors (Lipinski definition) is 1. The number of piperidine rings is 1. The van der Waals surface area contributed by atoms with Gasteiger partial charge >= 0.3 is 6.61 Å². The minimum atomic E-state index is -2.79. The molecule has 1 aromatic rings. The Labute approximate surface area is 117 Å². The van der Waals surface area contributed by atoms with Crippen LogP contribution in [0.1, 0.15) is 25.7 Å². The van der Waals surface area contributed by atoms with Crippen molar-refractivity contribution in [3.63, 3.8) is 0 Å². The summed E-state index contributed by atoms with van der Waals surface area (Å²) in [7, 11) is 2.19. The highest BCUT2D eigenvalue weighted by Gasteiger charge is 2.38. The lowest BCUT2D eigenvalue weighted by atomic mass is 9.97. The Kier molecular flexibility index (Phi) is 3.78. The molecule has 2 bridgehead atoms. The number of alkyl halides is 2. The number of rotatable bonds is 4. The summed E-state index contributed by atoms with van der Waals surface area (Å²) in [6.07, 6.45) is 4.62. The summed E-state index contributed by atoms with van der Waals surface area (Å²) < 4.78 is 29.4. The summed E-state index contributed by atoms with van der Waals surface area (Å²) in [5, 5.41) is 3.39. The maximum absolute atomic E-state index is 12.4. The molecular formula is C15H20F2N2O. The standard InChI is InChI=1S/C15H20F2N2O/c1-19-11-6-7-12(19)9-10(8-11)18-13-4-2-3-5-14(13)20-15(16)17/h2-5,10-12,15,18H,6-9H2,1H3. The second-order valence-electron chi connectivity index (χ2n) is 5.74. The van der Waals surface area contributed by atoms with E-state index in [9.17, 15) is 8.78 Å². The molecule has 1 aromatic carbocycles. The normalized spacial score (nSPS) is 29.7. The summed E-state index contributed by atoms with van der Waals surface area (Å²) in [4.78, 5) is 2.46. The van der Waals surface area contributed by atoms with Gasteiger partial charge in [0.1, 0.15) is 5.75 Å².